The van der Waals surface area contributed by atoms with Crippen LogP contribution in [0.2, 0.25) is 0 Å². The van der Waals surface area contributed by atoms with Gasteiger partial charge in [-0.2, -0.15) is 0 Å². The van der Waals surface area contributed by atoms with E-state index in [4.69, 9.17) is 14.2 Å². The van der Waals surface area contributed by atoms with Crippen LogP contribution in [0.3, 0.4) is 0 Å². The van der Waals surface area contributed by atoms with Crippen LogP contribution in [0.15, 0.2) is 24.3 Å². The Morgan fingerprint density at radius 3 is 0.882 bits per heavy atom. The third-order valence-corrected chi connectivity index (χ3v) is 13.7. The SMILES string of the molecule is CC/C=C\C/C=C\CCCCCCCCCC(=O)OCC(COC(=O)CCCCCCCCCCCCCCCCCCCCC)OC(=O)CCCCCCCCCCCCCCCCCCC. The molecule has 0 bridgehead atoms. The molecule has 0 amide bonds. The summed E-state index contributed by atoms with van der Waals surface area (Å²) in [4.78, 5) is 38.2. The van der Waals surface area contributed by atoms with Crippen LogP contribution < -0.4 is 0 Å². The zero-order valence-electron chi connectivity index (χ0n) is 45.9. The molecule has 0 saturated carbocycles. The molecular formula is C62H116O6. The van der Waals surface area contributed by atoms with Gasteiger partial charge < -0.3 is 14.2 Å². The molecule has 6 nitrogen and oxygen atoms in total. The second kappa shape index (κ2) is 57.5. The first kappa shape index (κ1) is 65.9. The van der Waals surface area contributed by atoms with E-state index in [0.29, 0.717) is 19.3 Å². The van der Waals surface area contributed by atoms with Gasteiger partial charge in [0, 0.05) is 19.3 Å². The first-order valence-corrected chi connectivity index (χ1v) is 30.3. The summed E-state index contributed by atoms with van der Waals surface area (Å²) in [6.45, 7) is 6.59. The molecule has 0 saturated heterocycles. The van der Waals surface area contributed by atoms with Gasteiger partial charge in [-0.25, -0.2) is 0 Å². The van der Waals surface area contributed by atoms with Crippen LogP contribution >= 0.6 is 0 Å². The molecule has 0 fully saturated rings. The zero-order chi connectivity index (χ0) is 49.3. The predicted octanol–water partition coefficient (Wildman–Crippen LogP) is 20.3. The highest BCUT2D eigenvalue weighted by atomic mass is 16.6. The quantitative estimate of drug-likeness (QED) is 0.0262. The van der Waals surface area contributed by atoms with Crippen molar-refractivity contribution in [2.75, 3.05) is 13.2 Å². The molecular weight excluding hydrogens is 841 g/mol. The number of esters is 3. The highest BCUT2D eigenvalue weighted by Crippen LogP contribution is 2.18. The second-order valence-corrected chi connectivity index (χ2v) is 20.6. The molecule has 6 heteroatoms. The van der Waals surface area contributed by atoms with E-state index in [-0.39, 0.29) is 31.1 Å². The summed E-state index contributed by atoms with van der Waals surface area (Å²) in [5.41, 5.74) is 0. The average Bonchev–Trinajstić information content (AvgIpc) is 3.34. The van der Waals surface area contributed by atoms with Crippen molar-refractivity contribution < 1.29 is 28.6 Å². The van der Waals surface area contributed by atoms with E-state index in [1.165, 1.54) is 218 Å². The Labute approximate surface area is 423 Å². The third-order valence-electron chi connectivity index (χ3n) is 13.7. The number of hydrogen-bond acceptors (Lipinski definition) is 6. The molecule has 68 heavy (non-hydrogen) atoms. The summed E-state index contributed by atoms with van der Waals surface area (Å²) in [7, 11) is 0. The number of carbonyl (C=O) groups excluding carboxylic acids is 3. The van der Waals surface area contributed by atoms with Crippen molar-refractivity contribution in [1.29, 1.82) is 0 Å². The number of rotatable bonds is 56. The fourth-order valence-corrected chi connectivity index (χ4v) is 9.19. The van der Waals surface area contributed by atoms with Crippen molar-refractivity contribution in [2.45, 2.75) is 341 Å². The molecule has 0 heterocycles. The Morgan fingerprint density at radius 1 is 0.309 bits per heavy atom. The van der Waals surface area contributed by atoms with Gasteiger partial charge in [0.05, 0.1) is 0 Å². The van der Waals surface area contributed by atoms with Gasteiger partial charge in [-0.15, -0.1) is 0 Å². The van der Waals surface area contributed by atoms with Crippen LogP contribution in [-0.2, 0) is 28.6 Å². The predicted molar refractivity (Wildman–Crippen MR) is 293 cm³/mol. The van der Waals surface area contributed by atoms with Crippen molar-refractivity contribution >= 4 is 17.9 Å². The summed E-state index contributed by atoms with van der Waals surface area (Å²) in [6, 6.07) is 0. The van der Waals surface area contributed by atoms with Crippen molar-refractivity contribution in [2.24, 2.45) is 0 Å². The van der Waals surface area contributed by atoms with Crippen LogP contribution in [0, 0.1) is 0 Å². The topological polar surface area (TPSA) is 78.9 Å². The summed E-state index contributed by atoms with van der Waals surface area (Å²) in [5.74, 6) is -0.851. The lowest BCUT2D eigenvalue weighted by atomic mass is 10.0. The van der Waals surface area contributed by atoms with Crippen LogP contribution in [0.1, 0.15) is 335 Å². The normalized spacial score (nSPS) is 12.1. The molecule has 0 N–H and O–H groups in total. The fraction of sp³-hybridized carbons (Fsp3) is 0.887. The van der Waals surface area contributed by atoms with Crippen molar-refractivity contribution in [3.63, 3.8) is 0 Å². The monoisotopic (exact) mass is 957 g/mol. The maximum absolute atomic E-state index is 12.9. The third kappa shape index (κ3) is 54.8. The van der Waals surface area contributed by atoms with Gasteiger partial charge in [-0.3, -0.25) is 14.4 Å². The number of unbranched alkanes of at least 4 members (excludes halogenated alkanes) is 41. The van der Waals surface area contributed by atoms with Crippen molar-refractivity contribution in [3.8, 4) is 0 Å². The van der Waals surface area contributed by atoms with Crippen molar-refractivity contribution in [3.05, 3.63) is 24.3 Å². The summed E-state index contributed by atoms with van der Waals surface area (Å²) >= 11 is 0. The number of ether oxygens (including phenoxy) is 3. The van der Waals surface area contributed by atoms with E-state index in [1.807, 2.05) is 0 Å². The lowest BCUT2D eigenvalue weighted by Gasteiger charge is -2.18. The lowest BCUT2D eigenvalue weighted by molar-refractivity contribution is -0.167. The van der Waals surface area contributed by atoms with Gasteiger partial charge in [-0.1, -0.05) is 295 Å². The Kier molecular flexibility index (Phi) is 55.7. The zero-order valence-corrected chi connectivity index (χ0v) is 45.9. The standard InChI is InChI=1S/C62H116O6/c1-4-7-10-13-16-19-22-25-28-30-31-33-34-37-40-43-46-49-52-55-61(64)67-58-59(57-66-60(63)54-51-48-45-42-39-36-27-24-21-18-15-12-9-6-3)68-62(65)56-53-50-47-44-41-38-35-32-29-26-23-20-17-14-11-8-5-2/h9,12,18,21,59H,4-8,10-11,13-17,19-20,22-58H2,1-3H3/b12-9-,21-18-. The molecule has 0 spiro atoms. The first-order valence-electron chi connectivity index (χ1n) is 30.3. The van der Waals surface area contributed by atoms with Crippen LogP contribution in [-0.4, -0.2) is 37.2 Å². The molecule has 0 aliphatic rings. The van der Waals surface area contributed by atoms with Gasteiger partial charge in [0.2, 0.25) is 0 Å². The first-order chi connectivity index (χ1) is 33.5. The summed E-state index contributed by atoms with van der Waals surface area (Å²) < 4.78 is 16.9. The van der Waals surface area contributed by atoms with Gasteiger partial charge in [0.1, 0.15) is 13.2 Å². The molecule has 0 aromatic rings. The molecule has 0 rings (SSSR count). The van der Waals surface area contributed by atoms with Crippen LogP contribution in [0.4, 0.5) is 0 Å². The molecule has 0 aromatic heterocycles. The van der Waals surface area contributed by atoms with E-state index in [9.17, 15) is 14.4 Å². The Bertz CT molecular complexity index is 1100. The largest absolute Gasteiger partial charge is 0.462 e. The van der Waals surface area contributed by atoms with Crippen LogP contribution in [0.25, 0.3) is 0 Å². The number of hydrogen-bond donors (Lipinski definition) is 0. The van der Waals surface area contributed by atoms with Gasteiger partial charge >= 0.3 is 17.9 Å². The lowest BCUT2D eigenvalue weighted by Crippen LogP contribution is -2.30. The maximum Gasteiger partial charge on any atom is 0.306 e. The number of allylic oxidation sites excluding steroid dienone is 4. The molecule has 1 atom stereocenters. The number of carbonyl (C=O) groups is 3. The minimum Gasteiger partial charge on any atom is -0.462 e. The molecule has 400 valence electrons. The Hall–Kier alpha value is -2.11. The minimum absolute atomic E-state index is 0.0677. The van der Waals surface area contributed by atoms with Gasteiger partial charge in [0.15, 0.2) is 6.10 Å². The van der Waals surface area contributed by atoms with E-state index in [0.717, 1.165) is 77.0 Å². The highest BCUT2D eigenvalue weighted by molar-refractivity contribution is 5.71. The van der Waals surface area contributed by atoms with Gasteiger partial charge in [-0.05, 0) is 44.9 Å². The maximum atomic E-state index is 12.9. The highest BCUT2D eigenvalue weighted by Gasteiger charge is 2.19. The van der Waals surface area contributed by atoms with E-state index < -0.39 is 6.10 Å². The molecule has 0 aromatic carbocycles. The molecule has 0 aliphatic carbocycles. The molecule has 0 radical (unpaired) electrons. The van der Waals surface area contributed by atoms with E-state index >= 15 is 0 Å². The van der Waals surface area contributed by atoms with E-state index in [2.05, 4.69) is 45.1 Å². The van der Waals surface area contributed by atoms with Crippen LogP contribution in [0.5, 0.6) is 0 Å². The summed E-state index contributed by atoms with van der Waals surface area (Å²) in [6.07, 6.45) is 67.5. The Morgan fingerprint density at radius 2 is 0.574 bits per heavy atom. The molecule has 1 unspecified atom stereocenters. The van der Waals surface area contributed by atoms with Gasteiger partial charge in [0.25, 0.3) is 0 Å². The van der Waals surface area contributed by atoms with E-state index in [1.54, 1.807) is 0 Å². The second-order valence-electron chi connectivity index (χ2n) is 20.6. The summed E-state index contributed by atoms with van der Waals surface area (Å²) in [5, 5.41) is 0. The average molecular weight is 958 g/mol. The van der Waals surface area contributed by atoms with Crippen molar-refractivity contribution in [1.82, 2.24) is 0 Å². The fourth-order valence-electron chi connectivity index (χ4n) is 9.19. The minimum atomic E-state index is -0.769. The molecule has 0 aliphatic heterocycles. The Balaban J connectivity index is 4.29. The smallest absolute Gasteiger partial charge is 0.306 e.